The molecular weight excluding hydrogens is 292 g/mol. The van der Waals surface area contributed by atoms with E-state index < -0.39 is 11.9 Å². The summed E-state index contributed by atoms with van der Waals surface area (Å²) in [6.45, 7) is 9.16. The molecule has 0 unspecified atom stereocenters. The van der Waals surface area contributed by atoms with E-state index in [4.69, 9.17) is 4.74 Å². The SMILES string of the molecule is C=CC(=O)OC(=C)C(=O)OCCCCCCCCCCCCC. The van der Waals surface area contributed by atoms with Crippen LogP contribution in [0, 0.1) is 0 Å². The van der Waals surface area contributed by atoms with Crippen LogP contribution in [0.5, 0.6) is 0 Å². The molecule has 132 valence electrons. The van der Waals surface area contributed by atoms with E-state index in [-0.39, 0.29) is 5.76 Å². The molecule has 0 saturated carbocycles. The maximum atomic E-state index is 11.4. The highest BCUT2D eigenvalue weighted by Crippen LogP contribution is 2.11. The second-order valence-electron chi connectivity index (χ2n) is 5.72. The van der Waals surface area contributed by atoms with Gasteiger partial charge in [0, 0.05) is 6.08 Å². The van der Waals surface area contributed by atoms with Gasteiger partial charge in [0.1, 0.15) is 0 Å². The predicted molar refractivity (Wildman–Crippen MR) is 92.8 cm³/mol. The highest BCUT2D eigenvalue weighted by molar-refractivity contribution is 5.91. The molecule has 0 fully saturated rings. The summed E-state index contributed by atoms with van der Waals surface area (Å²) < 4.78 is 9.57. The van der Waals surface area contributed by atoms with Crippen LogP contribution in [0.15, 0.2) is 25.0 Å². The molecule has 23 heavy (non-hydrogen) atoms. The van der Waals surface area contributed by atoms with Gasteiger partial charge in [-0.25, -0.2) is 9.59 Å². The van der Waals surface area contributed by atoms with E-state index in [2.05, 4.69) is 24.8 Å². The van der Waals surface area contributed by atoms with E-state index in [9.17, 15) is 9.59 Å². The van der Waals surface area contributed by atoms with Gasteiger partial charge in [-0.2, -0.15) is 0 Å². The largest absolute Gasteiger partial charge is 0.460 e. The van der Waals surface area contributed by atoms with Crippen molar-refractivity contribution < 1.29 is 19.1 Å². The summed E-state index contributed by atoms with van der Waals surface area (Å²) in [5.41, 5.74) is 0. The minimum atomic E-state index is -0.707. The van der Waals surface area contributed by atoms with Gasteiger partial charge in [-0.15, -0.1) is 0 Å². The molecule has 0 aromatic heterocycles. The lowest BCUT2D eigenvalue weighted by Gasteiger charge is -2.06. The first-order valence-electron chi connectivity index (χ1n) is 8.82. The second kappa shape index (κ2) is 15.3. The quantitative estimate of drug-likeness (QED) is 0.182. The highest BCUT2D eigenvalue weighted by Gasteiger charge is 2.12. The highest BCUT2D eigenvalue weighted by atomic mass is 16.6. The Bertz CT molecular complexity index is 360. The number of unbranched alkanes of at least 4 members (excludes halogenated alkanes) is 10. The third-order valence-corrected chi connectivity index (χ3v) is 3.60. The van der Waals surface area contributed by atoms with E-state index in [0.29, 0.717) is 6.61 Å². The smallest absolute Gasteiger partial charge is 0.373 e. The Labute approximate surface area is 140 Å². The standard InChI is InChI=1S/C19H32O4/c1-4-6-7-8-9-10-11-12-13-14-15-16-22-19(21)17(3)23-18(20)5-2/h5H,2-4,6-16H2,1H3. The molecule has 0 aliphatic rings. The Hall–Kier alpha value is -1.58. The summed E-state index contributed by atoms with van der Waals surface area (Å²) in [7, 11) is 0. The molecule has 0 N–H and O–H groups in total. The van der Waals surface area contributed by atoms with Crippen molar-refractivity contribution in [3.05, 3.63) is 25.0 Å². The van der Waals surface area contributed by atoms with E-state index in [0.717, 1.165) is 18.9 Å². The van der Waals surface area contributed by atoms with Crippen molar-refractivity contribution in [1.29, 1.82) is 0 Å². The van der Waals surface area contributed by atoms with Crippen LogP contribution in [-0.4, -0.2) is 18.5 Å². The third-order valence-electron chi connectivity index (χ3n) is 3.60. The van der Waals surface area contributed by atoms with Crippen molar-refractivity contribution >= 4 is 11.9 Å². The maximum absolute atomic E-state index is 11.4. The molecule has 0 bridgehead atoms. The van der Waals surface area contributed by atoms with Crippen LogP contribution in [0.25, 0.3) is 0 Å². The number of rotatable bonds is 15. The van der Waals surface area contributed by atoms with Gasteiger partial charge in [0.15, 0.2) is 0 Å². The average molecular weight is 324 g/mol. The molecule has 0 heterocycles. The first-order valence-corrected chi connectivity index (χ1v) is 8.82. The van der Waals surface area contributed by atoms with Crippen LogP contribution in [0.2, 0.25) is 0 Å². The van der Waals surface area contributed by atoms with Gasteiger partial charge in [0.2, 0.25) is 5.76 Å². The molecule has 0 saturated heterocycles. The molecule has 0 aromatic carbocycles. The summed E-state index contributed by atoms with van der Waals surface area (Å²) in [4.78, 5) is 22.3. The van der Waals surface area contributed by atoms with Crippen LogP contribution in [0.4, 0.5) is 0 Å². The van der Waals surface area contributed by atoms with Crippen molar-refractivity contribution in [2.45, 2.75) is 77.6 Å². The lowest BCUT2D eigenvalue weighted by Crippen LogP contribution is -2.13. The van der Waals surface area contributed by atoms with E-state index in [1.54, 1.807) is 0 Å². The average Bonchev–Trinajstić information content (AvgIpc) is 2.55. The number of esters is 2. The molecule has 0 aliphatic carbocycles. The zero-order valence-electron chi connectivity index (χ0n) is 14.6. The van der Waals surface area contributed by atoms with Crippen molar-refractivity contribution in [2.24, 2.45) is 0 Å². The van der Waals surface area contributed by atoms with Gasteiger partial charge >= 0.3 is 11.9 Å². The Morgan fingerprint density at radius 1 is 0.870 bits per heavy atom. The molecule has 0 radical (unpaired) electrons. The summed E-state index contributed by atoms with van der Waals surface area (Å²) in [6, 6.07) is 0. The molecule has 0 atom stereocenters. The first kappa shape index (κ1) is 21.4. The summed E-state index contributed by atoms with van der Waals surface area (Å²) in [6.07, 6.45) is 14.6. The Kier molecular flexibility index (Phi) is 14.3. The fourth-order valence-electron chi connectivity index (χ4n) is 2.22. The number of ether oxygens (including phenoxy) is 2. The first-order chi connectivity index (χ1) is 11.1. The molecule has 0 aromatic rings. The topological polar surface area (TPSA) is 52.6 Å². The number of carbonyl (C=O) groups excluding carboxylic acids is 2. The van der Waals surface area contributed by atoms with Gasteiger partial charge in [-0.3, -0.25) is 0 Å². The van der Waals surface area contributed by atoms with Crippen LogP contribution in [0.3, 0.4) is 0 Å². The lowest BCUT2D eigenvalue weighted by atomic mass is 10.1. The Balaban J connectivity index is 3.35. The zero-order valence-corrected chi connectivity index (χ0v) is 14.6. The van der Waals surface area contributed by atoms with Gasteiger partial charge in [-0.05, 0) is 13.0 Å². The zero-order chi connectivity index (χ0) is 17.3. The van der Waals surface area contributed by atoms with Crippen LogP contribution < -0.4 is 0 Å². The van der Waals surface area contributed by atoms with Gasteiger partial charge < -0.3 is 9.47 Å². The fraction of sp³-hybridized carbons (Fsp3) is 0.684. The minimum absolute atomic E-state index is 0.294. The molecule has 4 nitrogen and oxygen atoms in total. The summed E-state index contributed by atoms with van der Waals surface area (Å²) in [5, 5.41) is 0. The maximum Gasteiger partial charge on any atom is 0.373 e. The second-order valence-corrected chi connectivity index (χ2v) is 5.72. The normalized spacial score (nSPS) is 10.1. The van der Waals surface area contributed by atoms with Crippen LogP contribution >= 0.6 is 0 Å². The van der Waals surface area contributed by atoms with Crippen molar-refractivity contribution in [2.75, 3.05) is 6.61 Å². The van der Waals surface area contributed by atoms with Gasteiger partial charge in [0.05, 0.1) is 6.61 Å². The molecular formula is C19H32O4. The van der Waals surface area contributed by atoms with Gasteiger partial charge in [0.25, 0.3) is 0 Å². The van der Waals surface area contributed by atoms with E-state index in [1.807, 2.05) is 0 Å². The van der Waals surface area contributed by atoms with Crippen molar-refractivity contribution in [3.63, 3.8) is 0 Å². The van der Waals surface area contributed by atoms with Crippen LogP contribution in [0.1, 0.15) is 77.6 Å². The minimum Gasteiger partial charge on any atom is -0.460 e. The molecule has 0 rings (SSSR count). The van der Waals surface area contributed by atoms with Gasteiger partial charge in [-0.1, -0.05) is 77.7 Å². The number of hydrogen-bond donors (Lipinski definition) is 0. The predicted octanol–water partition coefficient (Wildman–Crippen LogP) is 5.08. The Morgan fingerprint density at radius 3 is 1.83 bits per heavy atom. The molecule has 4 heteroatoms. The van der Waals surface area contributed by atoms with Crippen LogP contribution in [-0.2, 0) is 19.1 Å². The fourth-order valence-corrected chi connectivity index (χ4v) is 2.22. The molecule has 0 amide bonds. The number of carbonyl (C=O) groups is 2. The van der Waals surface area contributed by atoms with Crippen molar-refractivity contribution in [1.82, 2.24) is 0 Å². The molecule has 0 spiro atoms. The third kappa shape index (κ3) is 13.8. The Morgan fingerprint density at radius 2 is 1.35 bits per heavy atom. The summed E-state index contributed by atoms with van der Waals surface area (Å²) >= 11 is 0. The number of hydrogen-bond acceptors (Lipinski definition) is 4. The van der Waals surface area contributed by atoms with Crippen molar-refractivity contribution in [3.8, 4) is 0 Å². The van der Waals surface area contributed by atoms with E-state index >= 15 is 0 Å². The lowest BCUT2D eigenvalue weighted by molar-refractivity contribution is -0.149. The monoisotopic (exact) mass is 324 g/mol. The molecule has 0 aliphatic heterocycles. The summed E-state index contributed by atoms with van der Waals surface area (Å²) in [5.74, 6) is -1.69. The van der Waals surface area contributed by atoms with E-state index in [1.165, 1.54) is 57.8 Å².